The van der Waals surface area contributed by atoms with E-state index in [0.717, 1.165) is 6.42 Å². The fourth-order valence-corrected chi connectivity index (χ4v) is 1.93. The highest BCUT2D eigenvalue weighted by molar-refractivity contribution is 5.88. The highest BCUT2D eigenvalue weighted by Gasteiger charge is 2.22. The summed E-state index contributed by atoms with van der Waals surface area (Å²) < 4.78 is 11.6. The van der Waals surface area contributed by atoms with Gasteiger partial charge >= 0.3 is 12.1 Å². The molecule has 1 amide bonds. The van der Waals surface area contributed by atoms with Gasteiger partial charge in [-0.3, -0.25) is 0 Å². The van der Waals surface area contributed by atoms with Crippen molar-refractivity contribution in [1.82, 2.24) is 20.3 Å². The highest BCUT2D eigenvalue weighted by Crippen LogP contribution is 2.16. The third kappa shape index (κ3) is 5.54. The van der Waals surface area contributed by atoms with Crippen LogP contribution in [-0.4, -0.2) is 46.3 Å². The van der Waals surface area contributed by atoms with Gasteiger partial charge in [-0.15, -0.1) is 5.10 Å². The van der Waals surface area contributed by atoms with E-state index in [1.165, 1.54) is 7.11 Å². The van der Waals surface area contributed by atoms with Crippen LogP contribution < -0.4 is 5.32 Å². The summed E-state index contributed by atoms with van der Waals surface area (Å²) in [4.78, 5) is 23.5. The molecule has 1 N–H and O–H groups in total. The number of carbonyl (C=O) groups is 2. The van der Waals surface area contributed by atoms with Crippen molar-refractivity contribution in [2.45, 2.75) is 59.1 Å². The SMILES string of the molecule is CCC(C)n1nnc(C(=O)OC)c1CCNC(=O)OC(C)(C)C. The molecular formula is C15H26N4O4. The summed E-state index contributed by atoms with van der Waals surface area (Å²) in [6.45, 7) is 9.70. The lowest BCUT2D eigenvalue weighted by atomic mass is 10.2. The molecule has 0 fully saturated rings. The first-order valence-electron chi connectivity index (χ1n) is 7.68. The molecule has 8 nitrogen and oxygen atoms in total. The molecule has 1 unspecified atom stereocenters. The maximum absolute atomic E-state index is 11.8. The van der Waals surface area contributed by atoms with E-state index < -0.39 is 17.7 Å². The Morgan fingerprint density at radius 1 is 1.35 bits per heavy atom. The molecule has 1 rings (SSSR count). The number of hydrogen-bond donors (Lipinski definition) is 1. The molecule has 0 aromatic carbocycles. The van der Waals surface area contributed by atoms with E-state index in [2.05, 4.69) is 15.6 Å². The minimum Gasteiger partial charge on any atom is -0.464 e. The quantitative estimate of drug-likeness (QED) is 0.804. The molecule has 1 aromatic rings. The van der Waals surface area contributed by atoms with Crippen LogP contribution in [0.5, 0.6) is 0 Å². The van der Waals surface area contributed by atoms with Gasteiger partial charge < -0.3 is 14.8 Å². The van der Waals surface area contributed by atoms with Crippen molar-refractivity contribution < 1.29 is 19.1 Å². The topological polar surface area (TPSA) is 95.3 Å². The molecule has 0 radical (unpaired) electrons. The Morgan fingerprint density at radius 2 is 2.00 bits per heavy atom. The third-order valence-corrected chi connectivity index (χ3v) is 3.21. The number of nitrogens with one attached hydrogen (secondary N) is 1. The first-order chi connectivity index (χ1) is 10.7. The summed E-state index contributed by atoms with van der Waals surface area (Å²) in [5, 5.41) is 10.6. The summed E-state index contributed by atoms with van der Waals surface area (Å²) >= 11 is 0. The summed E-state index contributed by atoms with van der Waals surface area (Å²) in [6.07, 6.45) is 0.747. The summed E-state index contributed by atoms with van der Waals surface area (Å²) in [5.74, 6) is -0.535. The second-order valence-electron chi connectivity index (χ2n) is 6.26. The lowest BCUT2D eigenvalue weighted by Gasteiger charge is -2.20. The van der Waals surface area contributed by atoms with Gasteiger partial charge in [0.15, 0.2) is 5.69 Å². The van der Waals surface area contributed by atoms with Gasteiger partial charge in [0.2, 0.25) is 0 Å². The van der Waals surface area contributed by atoms with E-state index in [9.17, 15) is 9.59 Å². The molecular weight excluding hydrogens is 300 g/mol. The zero-order chi connectivity index (χ0) is 17.6. The molecule has 130 valence electrons. The Bertz CT molecular complexity index is 548. The van der Waals surface area contributed by atoms with Crippen molar-refractivity contribution >= 4 is 12.1 Å². The Balaban J connectivity index is 2.79. The minimum atomic E-state index is -0.554. The Labute approximate surface area is 136 Å². The molecule has 1 heterocycles. The number of nitrogens with zero attached hydrogens (tertiary/aromatic N) is 3. The van der Waals surface area contributed by atoms with Gasteiger partial charge in [0.25, 0.3) is 0 Å². The van der Waals surface area contributed by atoms with Crippen LogP contribution in [0.2, 0.25) is 0 Å². The summed E-state index contributed by atoms with van der Waals surface area (Å²) in [6, 6.07) is 0.0948. The number of carbonyl (C=O) groups excluding carboxylic acids is 2. The molecule has 0 saturated heterocycles. The fraction of sp³-hybridized carbons (Fsp3) is 0.733. The molecule has 0 spiro atoms. The number of amides is 1. The van der Waals surface area contributed by atoms with E-state index in [1.807, 2.05) is 13.8 Å². The van der Waals surface area contributed by atoms with E-state index in [4.69, 9.17) is 9.47 Å². The van der Waals surface area contributed by atoms with Gasteiger partial charge in [0.1, 0.15) is 5.60 Å². The maximum Gasteiger partial charge on any atom is 0.407 e. The molecule has 0 bridgehead atoms. The summed E-state index contributed by atoms with van der Waals surface area (Å²) in [5.41, 5.74) is 0.266. The number of alkyl carbamates (subject to hydrolysis) is 1. The van der Waals surface area contributed by atoms with Crippen molar-refractivity contribution in [1.29, 1.82) is 0 Å². The highest BCUT2D eigenvalue weighted by atomic mass is 16.6. The molecule has 0 aliphatic carbocycles. The maximum atomic E-state index is 11.8. The zero-order valence-corrected chi connectivity index (χ0v) is 14.7. The normalized spacial score (nSPS) is 12.6. The Morgan fingerprint density at radius 3 is 2.52 bits per heavy atom. The molecule has 8 heteroatoms. The van der Waals surface area contributed by atoms with Crippen molar-refractivity contribution in [3.63, 3.8) is 0 Å². The molecule has 0 aliphatic rings. The molecule has 1 aromatic heterocycles. The predicted octanol–water partition coefficient (Wildman–Crippen LogP) is 2.10. The van der Waals surface area contributed by atoms with E-state index in [1.54, 1.807) is 25.5 Å². The molecule has 0 aliphatic heterocycles. The summed E-state index contributed by atoms with van der Waals surface area (Å²) in [7, 11) is 1.30. The number of methoxy groups -OCH3 is 1. The standard InChI is InChI=1S/C15H26N4O4/c1-7-10(2)19-11(12(17-18-19)13(20)22-6)8-9-16-14(21)23-15(3,4)5/h10H,7-9H2,1-6H3,(H,16,21). The second-order valence-corrected chi connectivity index (χ2v) is 6.26. The Kier molecular flexibility index (Phi) is 6.53. The largest absolute Gasteiger partial charge is 0.464 e. The van der Waals surface area contributed by atoms with Crippen LogP contribution in [0.1, 0.15) is 63.3 Å². The van der Waals surface area contributed by atoms with Crippen LogP contribution in [0, 0.1) is 0 Å². The second kappa shape index (κ2) is 7.94. The first-order valence-corrected chi connectivity index (χ1v) is 7.68. The van der Waals surface area contributed by atoms with Crippen LogP contribution >= 0.6 is 0 Å². The lowest BCUT2D eigenvalue weighted by molar-refractivity contribution is 0.0528. The average molecular weight is 326 g/mol. The number of rotatable bonds is 6. The number of ether oxygens (including phenoxy) is 2. The smallest absolute Gasteiger partial charge is 0.407 e. The predicted molar refractivity (Wildman–Crippen MR) is 84.3 cm³/mol. The molecule has 1 atom stereocenters. The van der Waals surface area contributed by atoms with Crippen LogP contribution in [-0.2, 0) is 15.9 Å². The number of esters is 1. The Hall–Kier alpha value is -2.12. The molecule has 0 saturated carbocycles. The first kappa shape index (κ1) is 18.9. The van der Waals surface area contributed by atoms with Crippen LogP contribution in [0.25, 0.3) is 0 Å². The fourth-order valence-electron chi connectivity index (χ4n) is 1.93. The van der Waals surface area contributed by atoms with Crippen LogP contribution in [0.15, 0.2) is 0 Å². The van der Waals surface area contributed by atoms with E-state index in [0.29, 0.717) is 18.7 Å². The van der Waals surface area contributed by atoms with Crippen LogP contribution in [0.4, 0.5) is 4.79 Å². The van der Waals surface area contributed by atoms with Crippen molar-refractivity contribution in [2.75, 3.05) is 13.7 Å². The van der Waals surface area contributed by atoms with Gasteiger partial charge in [-0.1, -0.05) is 12.1 Å². The lowest BCUT2D eigenvalue weighted by Crippen LogP contribution is -2.34. The average Bonchev–Trinajstić information content (AvgIpc) is 2.87. The minimum absolute atomic E-state index is 0.0948. The van der Waals surface area contributed by atoms with Gasteiger partial charge in [-0.2, -0.15) is 0 Å². The zero-order valence-electron chi connectivity index (χ0n) is 14.7. The van der Waals surface area contributed by atoms with Crippen LogP contribution in [0.3, 0.4) is 0 Å². The molecule has 23 heavy (non-hydrogen) atoms. The van der Waals surface area contributed by atoms with Gasteiger partial charge in [-0.05, 0) is 34.1 Å². The van der Waals surface area contributed by atoms with Crippen molar-refractivity contribution in [2.24, 2.45) is 0 Å². The van der Waals surface area contributed by atoms with E-state index in [-0.39, 0.29) is 11.7 Å². The van der Waals surface area contributed by atoms with Gasteiger partial charge in [-0.25, -0.2) is 14.3 Å². The van der Waals surface area contributed by atoms with Crippen molar-refractivity contribution in [3.8, 4) is 0 Å². The monoisotopic (exact) mass is 326 g/mol. The van der Waals surface area contributed by atoms with Crippen molar-refractivity contribution in [3.05, 3.63) is 11.4 Å². The van der Waals surface area contributed by atoms with E-state index >= 15 is 0 Å². The number of hydrogen-bond acceptors (Lipinski definition) is 6. The number of aromatic nitrogens is 3. The van der Waals surface area contributed by atoms with Gasteiger partial charge in [0, 0.05) is 13.0 Å². The third-order valence-electron chi connectivity index (χ3n) is 3.21. The van der Waals surface area contributed by atoms with Gasteiger partial charge in [0.05, 0.1) is 18.8 Å².